The summed E-state index contributed by atoms with van der Waals surface area (Å²) in [6.45, 7) is 0. The molecule has 5 heterocycles. The number of fused-ring (bicyclic) bond motifs is 6. The van der Waals surface area contributed by atoms with Gasteiger partial charge in [0.1, 0.15) is 0 Å². The van der Waals surface area contributed by atoms with Crippen molar-refractivity contribution in [1.82, 2.24) is 24.9 Å². The molecule has 5 aromatic carbocycles. The highest BCUT2D eigenvalue weighted by Gasteiger charge is 2.17. The molecule has 0 aliphatic rings. The molecule has 0 bridgehead atoms. The van der Waals surface area contributed by atoms with E-state index in [4.69, 9.17) is 15.0 Å². The van der Waals surface area contributed by atoms with E-state index in [1.54, 1.807) is 12.4 Å². The fraction of sp³-hybridized carbons (Fsp3) is 0. The highest BCUT2D eigenvalue weighted by atomic mass is 14.8. The minimum absolute atomic E-state index is 0.792. The summed E-state index contributed by atoms with van der Waals surface area (Å²) in [5.74, 6) is 0. The number of pyridine rings is 5. The lowest BCUT2D eigenvalue weighted by atomic mass is 9.94. The Hall–Kier alpha value is -7.11. The molecule has 10 rings (SSSR count). The Morgan fingerprint density at radius 3 is 1.71 bits per heavy atom. The van der Waals surface area contributed by atoms with Gasteiger partial charge >= 0.3 is 0 Å². The minimum Gasteiger partial charge on any atom is -0.255 e. The molecular weight excluding hydrogens is 635 g/mol. The molecule has 5 heteroatoms. The second kappa shape index (κ2) is 12.3. The highest BCUT2D eigenvalue weighted by Crippen LogP contribution is 2.39. The van der Waals surface area contributed by atoms with Crippen LogP contribution in [0.5, 0.6) is 0 Å². The van der Waals surface area contributed by atoms with Crippen molar-refractivity contribution in [2.24, 2.45) is 0 Å². The summed E-state index contributed by atoms with van der Waals surface area (Å²) in [6, 6.07) is 56.6. The Bertz CT molecular complexity index is 2890. The number of nitrogens with zero attached hydrogens (tertiary/aromatic N) is 5. The monoisotopic (exact) mass is 663 g/mol. The van der Waals surface area contributed by atoms with Crippen LogP contribution in [0.25, 0.3) is 99.8 Å². The maximum atomic E-state index is 5.34. The van der Waals surface area contributed by atoms with E-state index in [0.29, 0.717) is 0 Å². The van der Waals surface area contributed by atoms with E-state index < -0.39 is 0 Å². The van der Waals surface area contributed by atoms with Gasteiger partial charge in [0.15, 0.2) is 0 Å². The molecule has 0 N–H and O–H groups in total. The van der Waals surface area contributed by atoms with E-state index in [1.165, 1.54) is 10.8 Å². The number of hydrogen-bond acceptors (Lipinski definition) is 5. The standard InChI is InChI=1S/C47H29N5/c1-2-11-31(12-3-1)47-46-36(19-23-40-37(46)20-22-39(50-40)34-17-16-30-10-4-5-13-32(30)26-34)38-27-33(18-21-41(38)52-47)35-28-44(42-14-6-8-24-48-42)51-45(29-35)43-15-7-9-25-49-43/h1-29H. The third-order valence-corrected chi connectivity index (χ3v) is 9.73. The Morgan fingerprint density at radius 2 is 0.962 bits per heavy atom. The summed E-state index contributed by atoms with van der Waals surface area (Å²) in [5, 5.41) is 6.77. The summed E-state index contributed by atoms with van der Waals surface area (Å²) in [7, 11) is 0. The topological polar surface area (TPSA) is 64.5 Å². The number of aromatic nitrogens is 5. The van der Waals surface area contributed by atoms with Crippen molar-refractivity contribution in [3.8, 4) is 56.4 Å². The Balaban J connectivity index is 1.19. The van der Waals surface area contributed by atoms with E-state index in [-0.39, 0.29) is 0 Å². The number of rotatable bonds is 5. The zero-order chi connectivity index (χ0) is 34.4. The smallest absolute Gasteiger partial charge is 0.0900 e. The zero-order valence-corrected chi connectivity index (χ0v) is 28.0. The Labute approximate surface area is 300 Å². The average Bonchev–Trinajstić information content (AvgIpc) is 3.23. The predicted molar refractivity (Wildman–Crippen MR) is 213 cm³/mol. The molecule has 0 unspecified atom stereocenters. The molecule has 5 aromatic heterocycles. The van der Waals surface area contributed by atoms with Crippen LogP contribution >= 0.6 is 0 Å². The first-order valence-corrected chi connectivity index (χ1v) is 17.3. The van der Waals surface area contributed by atoms with Gasteiger partial charge in [-0.3, -0.25) is 9.97 Å². The van der Waals surface area contributed by atoms with Crippen molar-refractivity contribution in [1.29, 1.82) is 0 Å². The van der Waals surface area contributed by atoms with E-state index in [9.17, 15) is 0 Å². The van der Waals surface area contributed by atoms with Gasteiger partial charge in [0.25, 0.3) is 0 Å². The van der Waals surface area contributed by atoms with Gasteiger partial charge in [-0.05, 0) is 100 Å². The van der Waals surface area contributed by atoms with Gasteiger partial charge in [-0.25, -0.2) is 15.0 Å². The second-order valence-electron chi connectivity index (χ2n) is 12.9. The van der Waals surface area contributed by atoms with Crippen LogP contribution in [0.15, 0.2) is 176 Å². The van der Waals surface area contributed by atoms with Gasteiger partial charge in [-0.1, -0.05) is 91.0 Å². The summed E-state index contributed by atoms with van der Waals surface area (Å²) in [4.78, 5) is 24.8. The molecule has 0 aliphatic heterocycles. The van der Waals surface area contributed by atoms with Gasteiger partial charge in [0.05, 0.1) is 45.2 Å². The Kier molecular flexibility index (Phi) is 7.07. The molecule has 0 saturated heterocycles. The van der Waals surface area contributed by atoms with E-state index in [0.717, 1.165) is 89.0 Å². The van der Waals surface area contributed by atoms with Gasteiger partial charge in [0, 0.05) is 39.7 Å². The maximum Gasteiger partial charge on any atom is 0.0900 e. The first-order chi connectivity index (χ1) is 25.7. The third kappa shape index (κ3) is 5.24. The second-order valence-corrected chi connectivity index (χ2v) is 12.9. The molecule has 0 fully saturated rings. The van der Waals surface area contributed by atoms with Crippen LogP contribution in [0.4, 0.5) is 0 Å². The quantitative estimate of drug-likeness (QED) is 0.171. The molecule has 242 valence electrons. The van der Waals surface area contributed by atoms with Gasteiger partial charge < -0.3 is 0 Å². The lowest BCUT2D eigenvalue weighted by molar-refractivity contribution is 1.22. The molecule has 0 saturated carbocycles. The van der Waals surface area contributed by atoms with E-state index in [1.807, 2.05) is 42.5 Å². The van der Waals surface area contributed by atoms with Crippen LogP contribution in [0.3, 0.4) is 0 Å². The van der Waals surface area contributed by atoms with Crippen molar-refractivity contribution in [3.05, 3.63) is 176 Å². The fourth-order valence-corrected chi connectivity index (χ4v) is 7.19. The third-order valence-electron chi connectivity index (χ3n) is 9.73. The van der Waals surface area contributed by atoms with Crippen molar-refractivity contribution in [3.63, 3.8) is 0 Å². The van der Waals surface area contributed by atoms with Crippen molar-refractivity contribution >= 4 is 43.4 Å². The molecule has 52 heavy (non-hydrogen) atoms. The average molecular weight is 664 g/mol. The first-order valence-electron chi connectivity index (χ1n) is 17.3. The van der Waals surface area contributed by atoms with Crippen LogP contribution < -0.4 is 0 Å². The van der Waals surface area contributed by atoms with Crippen molar-refractivity contribution in [2.75, 3.05) is 0 Å². The summed E-state index contributed by atoms with van der Waals surface area (Å²) < 4.78 is 0. The predicted octanol–water partition coefficient (Wildman–Crippen LogP) is 11.6. The van der Waals surface area contributed by atoms with Crippen molar-refractivity contribution in [2.45, 2.75) is 0 Å². The largest absolute Gasteiger partial charge is 0.255 e. The van der Waals surface area contributed by atoms with E-state index >= 15 is 0 Å². The fourth-order valence-electron chi connectivity index (χ4n) is 7.19. The number of hydrogen-bond donors (Lipinski definition) is 0. The van der Waals surface area contributed by atoms with Gasteiger partial charge in [-0.15, -0.1) is 0 Å². The lowest BCUT2D eigenvalue weighted by Crippen LogP contribution is -1.95. The molecular formula is C47H29N5. The Morgan fingerprint density at radius 1 is 0.308 bits per heavy atom. The van der Waals surface area contributed by atoms with E-state index in [2.05, 4.69) is 131 Å². The minimum atomic E-state index is 0.792. The SMILES string of the molecule is c1ccc(-c2nc3ccc(-c4cc(-c5ccccn5)nc(-c5ccccn5)c4)cc3c3ccc4nc(-c5ccc6ccccc6c5)ccc4c23)cc1. The maximum absolute atomic E-state index is 5.34. The summed E-state index contributed by atoms with van der Waals surface area (Å²) in [5.41, 5.74) is 11.2. The molecule has 0 amide bonds. The number of benzene rings is 5. The molecule has 0 spiro atoms. The lowest BCUT2D eigenvalue weighted by Gasteiger charge is -2.15. The molecule has 5 nitrogen and oxygen atoms in total. The van der Waals surface area contributed by atoms with Crippen molar-refractivity contribution < 1.29 is 0 Å². The molecule has 0 atom stereocenters. The highest BCUT2D eigenvalue weighted by molar-refractivity contribution is 6.21. The van der Waals surface area contributed by atoms with Crippen LogP contribution in [-0.4, -0.2) is 24.9 Å². The summed E-state index contributed by atoms with van der Waals surface area (Å²) in [6.07, 6.45) is 3.60. The van der Waals surface area contributed by atoms with Gasteiger partial charge in [-0.2, -0.15) is 0 Å². The van der Waals surface area contributed by atoms with Gasteiger partial charge in [0.2, 0.25) is 0 Å². The normalized spacial score (nSPS) is 11.5. The van der Waals surface area contributed by atoms with Crippen LogP contribution in [-0.2, 0) is 0 Å². The van der Waals surface area contributed by atoms with Crippen LogP contribution in [0.2, 0.25) is 0 Å². The molecule has 0 aliphatic carbocycles. The molecule has 0 radical (unpaired) electrons. The first kappa shape index (κ1) is 29.8. The zero-order valence-electron chi connectivity index (χ0n) is 28.0. The molecule has 10 aromatic rings. The summed E-state index contributed by atoms with van der Waals surface area (Å²) >= 11 is 0. The van der Waals surface area contributed by atoms with Crippen LogP contribution in [0, 0.1) is 0 Å². The van der Waals surface area contributed by atoms with Crippen LogP contribution in [0.1, 0.15) is 0 Å².